The van der Waals surface area contributed by atoms with Gasteiger partial charge in [0.25, 0.3) is 0 Å². The molecule has 68 valence electrons. The maximum atomic E-state index is 9.44. The van der Waals surface area contributed by atoms with Crippen molar-refractivity contribution in [3.63, 3.8) is 0 Å². The number of hydrogen-bond acceptors (Lipinski definition) is 4. The molecule has 0 amide bonds. The molecule has 0 aliphatic carbocycles. The van der Waals surface area contributed by atoms with Crippen LogP contribution in [0.2, 0.25) is 0 Å². The van der Waals surface area contributed by atoms with Crippen LogP contribution in [0.3, 0.4) is 0 Å². The van der Waals surface area contributed by atoms with Gasteiger partial charge in [0.05, 0.1) is 13.0 Å². The zero-order valence-electron chi connectivity index (χ0n) is 6.49. The van der Waals surface area contributed by atoms with E-state index in [0.29, 0.717) is 6.54 Å². The fourth-order valence-corrected chi connectivity index (χ4v) is 0.0956. The van der Waals surface area contributed by atoms with Gasteiger partial charge in [0.1, 0.15) is 0 Å². The molecule has 0 aromatic rings. The van der Waals surface area contributed by atoms with Crippen molar-refractivity contribution < 1.29 is 15.0 Å². The molecule has 0 spiro atoms. The Morgan fingerprint density at radius 2 is 2.00 bits per heavy atom. The van der Waals surface area contributed by atoms with Crippen molar-refractivity contribution >= 4 is 5.97 Å². The van der Waals surface area contributed by atoms with Crippen LogP contribution >= 0.6 is 0 Å². The van der Waals surface area contributed by atoms with E-state index in [9.17, 15) is 4.79 Å². The Bertz CT molecular complexity index is 95.8. The molecule has 5 nitrogen and oxygen atoms in total. The summed E-state index contributed by atoms with van der Waals surface area (Å²) in [5, 5.41) is 15.6. The maximum Gasteiger partial charge on any atom is 0.305 e. The van der Waals surface area contributed by atoms with E-state index in [4.69, 9.17) is 15.9 Å². The van der Waals surface area contributed by atoms with Crippen LogP contribution in [0.1, 0.15) is 6.42 Å². The molecule has 0 unspecified atom stereocenters. The van der Waals surface area contributed by atoms with Gasteiger partial charge in [-0.1, -0.05) is 6.08 Å². The molecule has 0 rings (SSSR count). The Morgan fingerprint density at radius 1 is 1.64 bits per heavy atom. The topological polar surface area (TPSA) is 119 Å². The van der Waals surface area contributed by atoms with Crippen LogP contribution in [0, 0.1) is 0 Å². The molecule has 0 atom stereocenters. The monoisotopic (exact) mass is 164 g/mol. The second-order valence-electron chi connectivity index (χ2n) is 1.39. The van der Waals surface area contributed by atoms with Crippen molar-refractivity contribution in [2.24, 2.45) is 5.73 Å². The Balaban J connectivity index is -0.000000114. The Kier molecular flexibility index (Phi) is 24.2. The zero-order chi connectivity index (χ0) is 8.41. The highest BCUT2D eigenvalue weighted by molar-refractivity contribution is 5.66. The fraction of sp³-hybridized carbons (Fsp3) is 0.500. The molecule has 0 aromatic carbocycles. The molecule has 0 saturated carbocycles. The van der Waals surface area contributed by atoms with Crippen LogP contribution in [0.4, 0.5) is 0 Å². The van der Waals surface area contributed by atoms with E-state index >= 15 is 0 Å². The minimum Gasteiger partial charge on any atom is -0.481 e. The molecule has 0 aromatic heterocycles. The molecular formula is C6H16N2O3. The third-order valence-electron chi connectivity index (χ3n) is 0.492. The number of aliphatic hydroxyl groups is 1. The smallest absolute Gasteiger partial charge is 0.305 e. The van der Waals surface area contributed by atoms with Gasteiger partial charge in [-0.25, -0.2) is 0 Å². The molecule has 0 saturated heterocycles. The van der Waals surface area contributed by atoms with Gasteiger partial charge in [0.2, 0.25) is 0 Å². The van der Waals surface area contributed by atoms with Gasteiger partial charge >= 0.3 is 5.97 Å². The molecule has 0 aliphatic heterocycles. The van der Waals surface area contributed by atoms with Crippen molar-refractivity contribution in [1.82, 2.24) is 6.15 Å². The van der Waals surface area contributed by atoms with Crippen molar-refractivity contribution in [3.8, 4) is 0 Å². The largest absolute Gasteiger partial charge is 0.481 e. The minimum absolute atomic E-state index is 0. The van der Waals surface area contributed by atoms with E-state index in [-0.39, 0.29) is 19.2 Å². The van der Waals surface area contributed by atoms with Crippen LogP contribution in [0.25, 0.3) is 0 Å². The lowest BCUT2D eigenvalue weighted by atomic mass is 10.5. The summed E-state index contributed by atoms with van der Waals surface area (Å²) in [5.74, 6) is -0.961. The van der Waals surface area contributed by atoms with Gasteiger partial charge < -0.3 is 22.1 Å². The number of carboxylic acids is 1. The maximum absolute atomic E-state index is 9.44. The number of nitrogens with two attached hydrogens (primary N) is 1. The van der Waals surface area contributed by atoms with Gasteiger partial charge in [-0.05, 0) is 0 Å². The first-order valence-electron chi connectivity index (χ1n) is 2.82. The highest BCUT2D eigenvalue weighted by Crippen LogP contribution is 1.70. The molecule has 5 heteroatoms. The number of aliphatic carboxylic acids is 1. The van der Waals surface area contributed by atoms with Crippen LogP contribution in [-0.2, 0) is 4.79 Å². The average molecular weight is 164 g/mol. The van der Waals surface area contributed by atoms with Crippen molar-refractivity contribution in [3.05, 3.63) is 12.7 Å². The first-order valence-corrected chi connectivity index (χ1v) is 2.82. The molecule has 0 radical (unpaired) electrons. The van der Waals surface area contributed by atoms with Gasteiger partial charge in [-0.2, -0.15) is 0 Å². The van der Waals surface area contributed by atoms with Crippen LogP contribution in [0.5, 0.6) is 0 Å². The van der Waals surface area contributed by atoms with Gasteiger partial charge in [0, 0.05) is 6.54 Å². The first-order chi connectivity index (χ1) is 4.68. The normalized spacial score (nSPS) is 6.73. The predicted molar refractivity (Wildman–Crippen MR) is 43.6 cm³/mol. The van der Waals surface area contributed by atoms with Crippen molar-refractivity contribution in [2.45, 2.75) is 6.42 Å². The van der Waals surface area contributed by atoms with Gasteiger partial charge in [0.15, 0.2) is 0 Å². The van der Waals surface area contributed by atoms with Crippen molar-refractivity contribution in [2.75, 3.05) is 13.2 Å². The Morgan fingerprint density at radius 3 is 2.00 bits per heavy atom. The van der Waals surface area contributed by atoms with E-state index < -0.39 is 5.97 Å². The number of hydrogen-bond donors (Lipinski definition) is 4. The van der Waals surface area contributed by atoms with E-state index in [0.717, 1.165) is 0 Å². The molecule has 0 fully saturated rings. The van der Waals surface area contributed by atoms with E-state index in [1.807, 2.05) is 0 Å². The summed E-state index contributed by atoms with van der Waals surface area (Å²) in [7, 11) is 0. The molecule has 0 bridgehead atoms. The summed E-state index contributed by atoms with van der Waals surface area (Å²) in [4.78, 5) is 9.44. The zero-order valence-corrected chi connectivity index (χ0v) is 6.49. The summed E-state index contributed by atoms with van der Waals surface area (Å²) in [6, 6.07) is 0. The summed E-state index contributed by atoms with van der Waals surface area (Å²) < 4.78 is 0. The number of rotatable bonds is 3. The predicted octanol–water partition coefficient (Wildman–Crippen LogP) is -0.253. The lowest BCUT2D eigenvalue weighted by molar-refractivity contribution is -0.137. The minimum atomic E-state index is -0.961. The van der Waals surface area contributed by atoms with Crippen LogP contribution < -0.4 is 11.9 Å². The highest BCUT2D eigenvalue weighted by Gasteiger charge is 1.88. The molecule has 0 aliphatic rings. The summed E-state index contributed by atoms with van der Waals surface area (Å²) in [6.07, 6.45) is 1.50. The average Bonchev–Trinajstić information content (AvgIpc) is 1.89. The summed E-state index contributed by atoms with van der Waals surface area (Å²) in [6.45, 7) is 3.67. The number of carbonyl (C=O) groups is 1. The Hall–Kier alpha value is -0.910. The summed E-state index contributed by atoms with van der Waals surface area (Å²) in [5.41, 5.74) is 4.91. The Labute approximate surface area is 66.1 Å². The summed E-state index contributed by atoms with van der Waals surface area (Å²) >= 11 is 0. The standard InChI is InChI=1S/C3H7N.C3H6O3.H3N/c1-2-3-4;4-2-1-3(5)6;/h2H,1,3-4H2;4H,1-2H2,(H,5,6);1H3. The van der Waals surface area contributed by atoms with Crippen molar-refractivity contribution in [1.29, 1.82) is 0 Å². The van der Waals surface area contributed by atoms with Gasteiger partial charge in [-0.15, -0.1) is 6.58 Å². The molecular weight excluding hydrogens is 148 g/mol. The SMILES string of the molecule is C=CCN.N.O=C(O)CCO. The second kappa shape index (κ2) is 16.0. The lowest BCUT2D eigenvalue weighted by Gasteiger charge is -1.79. The van der Waals surface area contributed by atoms with Gasteiger partial charge in [-0.3, -0.25) is 4.79 Å². The number of aliphatic hydroxyl groups excluding tert-OH is 1. The van der Waals surface area contributed by atoms with E-state index in [1.54, 1.807) is 6.08 Å². The molecule has 7 N–H and O–H groups in total. The van der Waals surface area contributed by atoms with E-state index in [2.05, 4.69) is 6.58 Å². The van der Waals surface area contributed by atoms with Crippen LogP contribution in [-0.4, -0.2) is 29.3 Å². The number of carboxylic acid groups (broad SMARTS) is 1. The first kappa shape index (κ1) is 16.6. The van der Waals surface area contributed by atoms with Crippen LogP contribution in [0.15, 0.2) is 12.7 Å². The van der Waals surface area contributed by atoms with E-state index in [1.165, 1.54) is 0 Å². The third kappa shape index (κ3) is 47.9. The second-order valence-corrected chi connectivity index (χ2v) is 1.39. The molecule has 0 heterocycles. The lowest BCUT2D eigenvalue weighted by Crippen LogP contribution is -1.96. The third-order valence-corrected chi connectivity index (χ3v) is 0.492. The highest BCUT2D eigenvalue weighted by atomic mass is 16.4. The quantitative estimate of drug-likeness (QED) is 0.429. The molecule has 11 heavy (non-hydrogen) atoms. The fourth-order valence-electron chi connectivity index (χ4n) is 0.0956.